The molecule has 7 heteroatoms. The molecule has 0 amide bonds. The fourth-order valence-electron chi connectivity index (χ4n) is 1.23. The van der Waals surface area contributed by atoms with Crippen LogP contribution < -0.4 is 11.3 Å². The lowest BCUT2D eigenvalue weighted by atomic mass is 10.4. The number of rotatable bonds is 2. The van der Waals surface area contributed by atoms with Crippen LogP contribution in [0, 0.1) is 10.5 Å². The van der Waals surface area contributed by atoms with Crippen LogP contribution >= 0.6 is 33.9 Å². The molecule has 0 aliphatic rings. The van der Waals surface area contributed by atoms with E-state index in [-0.39, 0.29) is 5.56 Å². The van der Waals surface area contributed by atoms with E-state index in [4.69, 9.17) is 5.73 Å². The fraction of sp³-hybridized carbons (Fsp3) is 0.222. The van der Waals surface area contributed by atoms with Gasteiger partial charge in [0.1, 0.15) is 0 Å². The van der Waals surface area contributed by atoms with Gasteiger partial charge in [-0.05, 0) is 29.5 Å². The molecule has 0 bridgehead atoms. The maximum Gasteiger partial charge on any atom is 0.267 e. The van der Waals surface area contributed by atoms with E-state index in [2.05, 4.69) is 9.97 Å². The number of hydrogen-bond acceptors (Lipinski definition) is 5. The third-order valence-electron chi connectivity index (χ3n) is 2.06. The third-order valence-corrected chi connectivity index (χ3v) is 4.02. The molecule has 0 saturated heterocycles. The highest BCUT2D eigenvalue weighted by Crippen LogP contribution is 2.11. The van der Waals surface area contributed by atoms with Gasteiger partial charge < -0.3 is 5.73 Å². The summed E-state index contributed by atoms with van der Waals surface area (Å²) in [6, 6.07) is 0. The molecule has 0 unspecified atom stereocenters. The van der Waals surface area contributed by atoms with E-state index in [1.54, 1.807) is 0 Å². The Bertz CT molecular complexity index is 577. The van der Waals surface area contributed by atoms with E-state index >= 15 is 0 Å². The van der Waals surface area contributed by atoms with E-state index in [0.29, 0.717) is 15.2 Å². The van der Waals surface area contributed by atoms with Gasteiger partial charge >= 0.3 is 0 Å². The molecule has 5 nitrogen and oxygen atoms in total. The molecule has 84 valence electrons. The van der Waals surface area contributed by atoms with E-state index in [9.17, 15) is 4.79 Å². The van der Waals surface area contributed by atoms with Gasteiger partial charge in [-0.1, -0.05) is 0 Å². The normalized spacial score (nSPS) is 10.6. The molecule has 0 aromatic carbocycles. The summed E-state index contributed by atoms with van der Waals surface area (Å²) in [6.45, 7) is 2.23. The molecule has 0 spiro atoms. The van der Waals surface area contributed by atoms with Gasteiger partial charge in [-0.2, -0.15) is 0 Å². The van der Waals surface area contributed by atoms with Crippen LogP contribution in [0.5, 0.6) is 0 Å². The second-order valence-corrected chi connectivity index (χ2v) is 5.22. The highest BCUT2D eigenvalue weighted by molar-refractivity contribution is 14.1. The van der Waals surface area contributed by atoms with Gasteiger partial charge in [-0.15, -0.1) is 11.3 Å². The first-order valence-corrected chi connectivity index (χ1v) is 6.45. The van der Waals surface area contributed by atoms with Crippen LogP contribution in [0.15, 0.2) is 16.5 Å². The molecule has 0 fully saturated rings. The lowest BCUT2D eigenvalue weighted by Crippen LogP contribution is -2.24. The summed E-state index contributed by atoms with van der Waals surface area (Å²) in [5.41, 5.74) is 7.02. The highest BCUT2D eigenvalue weighted by atomic mass is 127. The van der Waals surface area contributed by atoms with Crippen molar-refractivity contribution < 1.29 is 0 Å². The molecule has 0 aliphatic carbocycles. The fourth-order valence-corrected chi connectivity index (χ4v) is 2.23. The first-order chi connectivity index (χ1) is 7.58. The van der Waals surface area contributed by atoms with Crippen molar-refractivity contribution in [2.75, 3.05) is 5.73 Å². The summed E-state index contributed by atoms with van der Waals surface area (Å²) in [5.74, 6) is 0. The first kappa shape index (κ1) is 11.5. The van der Waals surface area contributed by atoms with Gasteiger partial charge in [0.15, 0.2) is 5.13 Å². The molecule has 2 rings (SSSR count). The van der Waals surface area contributed by atoms with Crippen LogP contribution in [0.25, 0.3) is 0 Å². The SMILES string of the molecule is Cc1ncn(Cc2csc(N)n2)c(=O)c1I. The Labute approximate surface area is 109 Å². The zero-order valence-electron chi connectivity index (χ0n) is 8.48. The molecule has 16 heavy (non-hydrogen) atoms. The molecule has 2 N–H and O–H groups in total. The molecule has 2 heterocycles. The van der Waals surface area contributed by atoms with Gasteiger partial charge in [0, 0.05) is 5.38 Å². The van der Waals surface area contributed by atoms with Gasteiger partial charge in [0.05, 0.1) is 27.8 Å². The summed E-state index contributed by atoms with van der Waals surface area (Å²) >= 11 is 3.37. The van der Waals surface area contributed by atoms with Crippen LogP contribution in [0.2, 0.25) is 0 Å². The number of aromatic nitrogens is 3. The standard InChI is InChI=1S/C9H9IN4OS/c1-5-7(10)8(15)14(4-12-5)2-6-3-16-9(11)13-6/h3-4H,2H2,1H3,(H2,11,13). The van der Waals surface area contributed by atoms with Gasteiger partial charge in [0.2, 0.25) is 0 Å². The van der Waals surface area contributed by atoms with Crippen molar-refractivity contribution in [1.82, 2.24) is 14.5 Å². The van der Waals surface area contributed by atoms with Crippen LogP contribution in [-0.4, -0.2) is 14.5 Å². The van der Waals surface area contributed by atoms with Crippen molar-refractivity contribution in [1.29, 1.82) is 0 Å². The summed E-state index contributed by atoms with van der Waals surface area (Å²) in [5, 5.41) is 2.35. The predicted octanol–water partition coefficient (Wildman–Crippen LogP) is 1.24. The van der Waals surface area contributed by atoms with Crippen molar-refractivity contribution in [2.24, 2.45) is 0 Å². The Morgan fingerprint density at radius 3 is 3.00 bits per heavy atom. The molecule has 0 aliphatic heterocycles. The van der Waals surface area contributed by atoms with Crippen molar-refractivity contribution in [3.63, 3.8) is 0 Å². The second-order valence-electron chi connectivity index (χ2n) is 3.25. The van der Waals surface area contributed by atoms with Crippen LogP contribution in [0.4, 0.5) is 5.13 Å². The Kier molecular flexibility index (Phi) is 3.24. The number of anilines is 1. The average molecular weight is 348 g/mol. The molecular weight excluding hydrogens is 339 g/mol. The number of halogens is 1. The molecule has 0 atom stereocenters. The number of hydrogen-bond donors (Lipinski definition) is 1. The quantitative estimate of drug-likeness (QED) is 0.829. The summed E-state index contributed by atoms with van der Waals surface area (Å²) in [7, 11) is 0. The van der Waals surface area contributed by atoms with Crippen molar-refractivity contribution in [3.8, 4) is 0 Å². The summed E-state index contributed by atoms with van der Waals surface area (Å²) in [4.78, 5) is 20.1. The Morgan fingerprint density at radius 1 is 1.62 bits per heavy atom. The Hall–Kier alpha value is -0.960. The predicted molar refractivity (Wildman–Crippen MR) is 71.6 cm³/mol. The lowest BCUT2D eigenvalue weighted by molar-refractivity contribution is 0.712. The minimum atomic E-state index is -0.0420. The van der Waals surface area contributed by atoms with Crippen molar-refractivity contribution >= 4 is 39.1 Å². The zero-order valence-corrected chi connectivity index (χ0v) is 11.4. The van der Waals surface area contributed by atoms with E-state index in [0.717, 1.165) is 11.4 Å². The summed E-state index contributed by atoms with van der Waals surface area (Å²) < 4.78 is 2.17. The maximum atomic E-state index is 11.9. The molecule has 2 aromatic rings. The topological polar surface area (TPSA) is 73.8 Å². The molecular formula is C9H9IN4OS. The average Bonchev–Trinajstić information content (AvgIpc) is 2.65. The number of nitrogens with two attached hydrogens (primary N) is 1. The third kappa shape index (κ3) is 2.24. The van der Waals surface area contributed by atoms with E-state index in [1.807, 2.05) is 34.9 Å². The van der Waals surface area contributed by atoms with Gasteiger partial charge in [-0.3, -0.25) is 9.36 Å². The van der Waals surface area contributed by atoms with Gasteiger partial charge in [0.25, 0.3) is 5.56 Å². The molecule has 0 radical (unpaired) electrons. The second kappa shape index (κ2) is 4.50. The van der Waals surface area contributed by atoms with Crippen LogP contribution in [-0.2, 0) is 6.54 Å². The Morgan fingerprint density at radius 2 is 2.38 bits per heavy atom. The number of nitrogens with zero attached hydrogens (tertiary/aromatic N) is 3. The maximum absolute atomic E-state index is 11.9. The van der Waals surface area contributed by atoms with Crippen molar-refractivity contribution in [3.05, 3.63) is 37.0 Å². The number of thiazole rings is 1. The lowest BCUT2D eigenvalue weighted by Gasteiger charge is -2.04. The largest absolute Gasteiger partial charge is 0.375 e. The minimum Gasteiger partial charge on any atom is -0.375 e. The van der Waals surface area contributed by atoms with E-state index < -0.39 is 0 Å². The monoisotopic (exact) mass is 348 g/mol. The van der Waals surface area contributed by atoms with Crippen LogP contribution in [0.1, 0.15) is 11.4 Å². The highest BCUT2D eigenvalue weighted by Gasteiger charge is 2.07. The minimum absolute atomic E-state index is 0.0420. The number of nitrogen functional groups attached to an aromatic ring is 1. The summed E-state index contributed by atoms with van der Waals surface area (Å²) in [6.07, 6.45) is 1.54. The zero-order chi connectivity index (χ0) is 11.7. The number of aryl methyl sites for hydroxylation is 1. The smallest absolute Gasteiger partial charge is 0.267 e. The van der Waals surface area contributed by atoms with E-state index in [1.165, 1.54) is 22.2 Å². The van der Waals surface area contributed by atoms with Crippen LogP contribution in [0.3, 0.4) is 0 Å². The van der Waals surface area contributed by atoms with Gasteiger partial charge in [-0.25, -0.2) is 9.97 Å². The first-order valence-electron chi connectivity index (χ1n) is 4.49. The Balaban J connectivity index is 2.36. The van der Waals surface area contributed by atoms with Crippen molar-refractivity contribution in [2.45, 2.75) is 13.5 Å². The molecule has 0 saturated carbocycles. The molecule has 2 aromatic heterocycles.